The molecule has 0 aliphatic carbocycles. The number of aromatic nitrogens is 3. The van der Waals surface area contributed by atoms with Crippen molar-refractivity contribution >= 4 is 11.6 Å². The van der Waals surface area contributed by atoms with E-state index in [1.807, 2.05) is 19.2 Å². The lowest BCUT2D eigenvalue weighted by atomic mass is 10.1. The van der Waals surface area contributed by atoms with E-state index in [0.29, 0.717) is 5.02 Å². The minimum Gasteiger partial charge on any atom is -0.305 e. The molecule has 0 spiro atoms. The molecule has 2 heterocycles. The number of nitrogens with zero attached hydrogens (tertiary/aromatic N) is 3. The maximum atomic E-state index is 6.19. The van der Waals surface area contributed by atoms with Crippen LogP contribution in [0, 0.1) is 0 Å². The molecule has 0 aliphatic rings. The molecule has 0 amide bonds. The first-order chi connectivity index (χ1) is 8.24. The van der Waals surface area contributed by atoms with E-state index in [2.05, 4.69) is 22.3 Å². The molecule has 2 aromatic heterocycles. The maximum absolute atomic E-state index is 6.19. The second-order valence-corrected chi connectivity index (χ2v) is 4.18. The molecular weight excluding hydrogens is 236 g/mol. The number of pyridine rings is 1. The normalized spacial score (nSPS) is 12.6. The standard InChI is InChI=1S/C12H15ClN4/c1-3-15-11(9-4-6-14-7-5-9)12-10(13)8-16-17(12)2/h4-8,11,15H,3H2,1-2H3. The summed E-state index contributed by atoms with van der Waals surface area (Å²) in [5.41, 5.74) is 2.10. The van der Waals surface area contributed by atoms with Crippen molar-refractivity contribution in [3.05, 3.63) is 47.0 Å². The quantitative estimate of drug-likeness (QED) is 0.904. The van der Waals surface area contributed by atoms with Gasteiger partial charge in [0.1, 0.15) is 0 Å². The first-order valence-electron chi connectivity index (χ1n) is 5.54. The van der Waals surface area contributed by atoms with Crippen molar-refractivity contribution in [1.29, 1.82) is 0 Å². The Labute approximate surface area is 106 Å². The van der Waals surface area contributed by atoms with Crippen LogP contribution in [0.25, 0.3) is 0 Å². The van der Waals surface area contributed by atoms with Gasteiger partial charge in [0.05, 0.1) is 23.0 Å². The molecule has 2 rings (SSSR count). The number of nitrogens with one attached hydrogen (secondary N) is 1. The molecule has 2 aromatic rings. The number of aryl methyl sites for hydroxylation is 1. The molecule has 0 aromatic carbocycles. The van der Waals surface area contributed by atoms with Crippen LogP contribution in [0.2, 0.25) is 5.02 Å². The maximum Gasteiger partial charge on any atom is 0.0837 e. The highest BCUT2D eigenvalue weighted by molar-refractivity contribution is 6.31. The van der Waals surface area contributed by atoms with E-state index in [1.54, 1.807) is 23.3 Å². The SMILES string of the molecule is CCNC(c1ccncc1)c1c(Cl)cnn1C. The molecule has 0 saturated heterocycles. The third kappa shape index (κ3) is 2.48. The fourth-order valence-corrected chi connectivity index (χ4v) is 2.15. The van der Waals surface area contributed by atoms with Gasteiger partial charge in [-0.3, -0.25) is 9.67 Å². The van der Waals surface area contributed by atoms with Gasteiger partial charge < -0.3 is 5.32 Å². The van der Waals surface area contributed by atoms with Gasteiger partial charge in [-0.05, 0) is 24.2 Å². The molecule has 5 heteroatoms. The van der Waals surface area contributed by atoms with Crippen LogP contribution >= 0.6 is 11.6 Å². The molecule has 4 nitrogen and oxygen atoms in total. The fraction of sp³-hybridized carbons (Fsp3) is 0.333. The lowest BCUT2D eigenvalue weighted by Gasteiger charge is -2.19. The van der Waals surface area contributed by atoms with Crippen LogP contribution < -0.4 is 5.32 Å². The van der Waals surface area contributed by atoms with E-state index in [4.69, 9.17) is 11.6 Å². The van der Waals surface area contributed by atoms with Gasteiger partial charge in [-0.15, -0.1) is 0 Å². The van der Waals surface area contributed by atoms with E-state index in [-0.39, 0.29) is 6.04 Å². The summed E-state index contributed by atoms with van der Waals surface area (Å²) < 4.78 is 1.80. The summed E-state index contributed by atoms with van der Waals surface area (Å²) in [5, 5.41) is 8.26. The van der Waals surface area contributed by atoms with Crippen LogP contribution in [0.15, 0.2) is 30.7 Å². The summed E-state index contributed by atoms with van der Waals surface area (Å²) in [4.78, 5) is 4.03. The Hall–Kier alpha value is -1.39. The van der Waals surface area contributed by atoms with E-state index < -0.39 is 0 Å². The third-order valence-corrected chi connectivity index (χ3v) is 2.95. The smallest absolute Gasteiger partial charge is 0.0837 e. The van der Waals surface area contributed by atoms with Crippen LogP contribution in [0.4, 0.5) is 0 Å². The zero-order valence-corrected chi connectivity index (χ0v) is 10.6. The average Bonchev–Trinajstić information content (AvgIpc) is 2.68. The molecule has 0 aliphatic heterocycles. The molecule has 0 radical (unpaired) electrons. The van der Waals surface area contributed by atoms with Gasteiger partial charge in [0.2, 0.25) is 0 Å². The Balaban J connectivity index is 2.43. The van der Waals surface area contributed by atoms with Gasteiger partial charge in [-0.2, -0.15) is 5.10 Å². The van der Waals surface area contributed by atoms with E-state index >= 15 is 0 Å². The molecule has 1 N–H and O–H groups in total. The predicted octanol–water partition coefficient (Wildman–Crippen LogP) is 2.17. The zero-order valence-electron chi connectivity index (χ0n) is 9.89. The molecule has 1 unspecified atom stereocenters. The van der Waals surface area contributed by atoms with Crippen molar-refractivity contribution < 1.29 is 0 Å². The van der Waals surface area contributed by atoms with Crippen LogP contribution in [-0.4, -0.2) is 21.3 Å². The second kappa shape index (κ2) is 5.29. The van der Waals surface area contributed by atoms with Crippen LogP contribution in [-0.2, 0) is 7.05 Å². The minimum atomic E-state index is 0.0444. The molecule has 17 heavy (non-hydrogen) atoms. The van der Waals surface area contributed by atoms with Gasteiger partial charge in [0.25, 0.3) is 0 Å². The topological polar surface area (TPSA) is 42.7 Å². The molecule has 0 bridgehead atoms. The Morgan fingerprint density at radius 3 is 2.65 bits per heavy atom. The van der Waals surface area contributed by atoms with Gasteiger partial charge in [-0.1, -0.05) is 18.5 Å². The van der Waals surface area contributed by atoms with E-state index in [9.17, 15) is 0 Å². The first kappa shape index (κ1) is 12.1. The number of hydrogen-bond acceptors (Lipinski definition) is 3. The van der Waals surface area contributed by atoms with Gasteiger partial charge in [0.15, 0.2) is 0 Å². The Morgan fingerprint density at radius 2 is 2.12 bits per heavy atom. The Bertz CT molecular complexity index is 461. The minimum absolute atomic E-state index is 0.0444. The second-order valence-electron chi connectivity index (χ2n) is 3.77. The number of halogens is 1. The molecule has 1 atom stereocenters. The summed E-state index contributed by atoms with van der Waals surface area (Å²) in [6, 6.07) is 4.01. The van der Waals surface area contributed by atoms with Crippen molar-refractivity contribution in [1.82, 2.24) is 20.1 Å². The summed E-state index contributed by atoms with van der Waals surface area (Å²) in [6.45, 7) is 2.92. The van der Waals surface area contributed by atoms with Crippen molar-refractivity contribution in [2.24, 2.45) is 7.05 Å². The van der Waals surface area contributed by atoms with Gasteiger partial charge in [0, 0.05) is 19.4 Å². The lowest BCUT2D eigenvalue weighted by Crippen LogP contribution is -2.24. The van der Waals surface area contributed by atoms with Gasteiger partial charge >= 0.3 is 0 Å². The predicted molar refractivity (Wildman–Crippen MR) is 68.0 cm³/mol. The zero-order chi connectivity index (χ0) is 12.3. The van der Waals surface area contributed by atoms with Crippen LogP contribution in [0.5, 0.6) is 0 Å². The van der Waals surface area contributed by atoms with E-state index in [1.165, 1.54) is 0 Å². The summed E-state index contributed by atoms with van der Waals surface area (Å²) in [6.07, 6.45) is 5.23. The lowest BCUT2D eigenvalue weighted by molar-refractivity contribution is 0.572. The van der Waals surface area contributed by atoms with Crippen molar-refractivity contribution in [3.63, 3.8) is 0 Å². The molecular formula is C12H15ClN4. The molecule has 0 saturated carbocycles. The summed E-state index contributed by atoms with van der Waals surface area (Å²) in [7, 11) is 1.90. The summed E-state index contributed by atoms with van der Waals surface area (Å²) in [5.74, 6) is 0. The highest BCUT2D eigenvalue weighted by atomic mass is 35.5. The Morgan fingerprint density at radius 1 is 1.41 bits per heavy atom. The fourth-order valence-electron chi connectivity index (χ4n) is 1.88. The number of hydrogen-bond donors (Lipinski definition) is 1. The molecule has 90 valence electrons. The summed E-state index contributed by atoms with van der Waals surface area (Å²) >= 11 is 6.19. The monoisotopic (exact) mass is 250 g/mol. The van der Waals surface area contributed by atoms with E-state index in [0.717, 1.165) is 17.8 Å². The van der Waals surface area contributed by atoms with Crippen LogP contribution in [0.1, 0.15) is 24.2 Å². The van der Waals surface area contributed by atoms with Crippen molar-refractivity contribution in [2.45, 2.75) is 13.0 Å². The first-order valence-corrected chi connectivity index (χ1v) is 5.92. The third-order valence-electron chi connectivity index (χ3n) is 2.66. The largest absolute Gasteiger partial charge is 0.305 e. The van der Waals surface area contributed by atoms with Crippen LogP contribution in [0.3, 0.4) is 0 Å². The number of rotatable bonds is 4. The van der Waals surface area contributed by atoms with Crippen molar-refractivity contribution in [3.8, 4) is 0 Å². The van der Waals surface area contributed by atoms with Crippen molar-refractivity contribution in [2.75, 3.05) is 6.54 Å². The highest BCUT2D eigenvalue weighted by Crippen LogP contribution is 2.27. The Kier molecular flexibility index (Phi) is 3.76. The molecule has 0 fully saturated rings. The highest BCUT2D eigenvalue weighted by Gasteiger charge is 2.19. The average molecular weight is 251 g/mol. The van der Waals surface area contributed by atoms with Gasteiger partial charge in [-0.25, -0.2) is 0 Å².